The topological polar surface area (TPSA) is 301 Å². The molecule has 2 amide bonds. The number of rotatable bonds is 15. The van der Waals surface area contributed by atoms with Gasteiger partial charge in [0.2, 0.25) is 5.91 Å². The Morgan fingerprint density at radius 1 is 0.873 bits per heavy atom. The number of benzene rings is 2. The van der Waals surface area contributed by atoms with E-state index in [9.17, 15) is 54.0 Å². The van der Waals surface area contributed by atoms with Crippen LogP contribution in [0.1, 0.15) is 99.7 Å². The van der Waals surface area contributed by atoms with Crippen molar-refractivity contribution in [3.63, 3.8) is 0 Å². The van der Waals surface area contributed by atoms with Gasteiger partial charge in [0, 0.05) is 44.7 Å². The molecule has 7 rings (SSSR count). The van der Waals surface area contributed by atoms with E-state index in [0.29, 0.717) is 0 Å². The number of aliphatic hydroxyl groups excluding tert-OH is 2. The standard InChI is InChI=1S/C51H57N3O17/c1-26-33(69-47(65)39(60)38(29-15-9-7-10-16-29)54-45(63)32(20-21-36(58)59)53-44(62)31-19-13-14-22-52-31)24-51(66)43(70-46(64)30-17-11-8-12-18-30)41-49(6,34(57)23-35-50(41,25-67-35)71-28(3)56)42(61)40(68-27(2)55)37(26)48(51,4)5/h7-19,22,32-35,38-41,43,57,60,66H,20-21,23-25H2,1-6H3,(H,53,62)(H,54,63)(H,58,59)/t32-,33+,34+,35-,38+,39-,40-,41+,43+,49-,50+,51-/m1/s1. The number of ether oxygens (including phenoxy) is 5. The highest BCUT2D eigenvalue weighted by Crippen LogP contribution is 2.64. The number of fused-ring (bicyclic) bond motifs is 5. The maximum atomic E-state index is 15.6. The van der Waals surface area contributed by atoms with Gasteiger partial charge in [-0.05, 0) is 61.2 Å². The van der Waals surface area contributed by atoms with Crippen LogP contribution in [0, 0.1) is 16.7 Å². The molecule has 4 aliphatic rings. The second-order valence-electron chi connectivity index (χ2n) is 19.2. The summed E-state index contributed by atoms with van der Waals surface area (Å²) in [5.74, 6) is -9.79. The molecule has 20 nitrogen and oxygen atoms in total. The Morgan fingerprint density at radius 3 is 2.10 bits per heavy atom. The van der Waals surface area contributed by atoms with Gasteiger partial charge in [-0.2, -0.15) is 0 Å². The summed E-state index contributed by atoms with van der Waals surface area (Å²) >= 11 is 0. The molecule has 6 N–H and O–H groups in total. The molecule has 71 heavy (non-hydrogen) atoms. The van der Waals surface area contributed by atoms with Gasteiger partial charge in [-0.1, -0.05) is 68.4 Å². The third-order valence-electron chi connectivity index (χ3n) is 14.6. The number of aromatic nitrogens is 1. The number of amides is 2. The quantitative estimate of drug-likeness (QED) is 0.0724. The number of esters is 4. The number of nitrogens with zero attached hydrogens (tertiary/aromatic N) is 1. The van der Waals surface area contributed by atoms with Crippen LogP contribution >= 0.6 is 0 Å². The van der Waals surface area contributed by atoms with Gasteiger partial charge in [0.15, 0.2) is 23.6 Å². The Hall–Kier alpha value is -6.87. The number of carbonyl (C=O) groups is 8. The first-order valence-electron chi connectivity index (χ1n) is 23.1. The first kappa shape index (κ1) is 52.0. The van der Waals surface area contributed by atoms with Gasteiger partial charge >= 0.3 is 29.8 Å². The molecule has 20 heteroatoms. The van der Waals surface area contributed by atoms with Crippen LogP contribution < -0.4 is 10.6 Å². The fourth-order valence-corrected chi connectivity index (χ4v) is 10.9. The predicted octanol–water partition coefficient (Wildman–Crippen LogP) is 2.48. The average molecular weight is 984 g/mol. The van der Waals surface area contributed by atoms with Crippen molar-refractivity contribution < 1.29 is 82.5 Å². The van der Waals surface area contributed by atoms with Crippen molar-refractivity contribution >= 4 is 47.4 Å². The van der Waals surface area contributed by atoms with Crippen molar-refractivity contribution in [3.05, 3.63) is 113 Å². The van der Waals surface area contributed by atoms with Crippen LogP contribution in [0.15, 0.2) is 96.2 Å². The molecule has 0 radical (unpaired) electrons. The Labute approximate surface area is 408 Å². The molecule has 2 bridgehead atoms. The highest BCUT2D eigenvalue weighted by atomic mass is 16.6. The number of ketones is 1. The fourth-order valence-electron chi connectivity index (χ4n) is 10.9. The number of aliphatic hydroxyl groups is 3. The smallest absolute Gasteiger partial charge is 0.338 e. The minimum absolute atomic E-state index is 0.0189. The molecule has 3 fully saturated rings. The first-order chi connectivity index (χ1) is 33.5. The molecule has 3 aliphatic carbocycles. The minimum atomic E-state index is -2.49. The molecule has 0 spiro atoms. The van der Waals surface area contributed by atoms with Crippen LogP contribution in [0.5, 0.6) is 0 Å². The zero-order valence-electron chi connectivity index (χ0n) is 39.9. The van der Waals surface area contributed by atoms with Crippen molar-refractivity contribution in [2.75, 3.05) is 6.61 Å². The van der Waals surface area contributed by atoms with E-state index in [2.05, 4.69) is 15.6 Å². The number of pyridine rings is 1. The van der Waals surface area contributed by atoms with Crippen molar-refractivity contribution in [1.82, 2.24) is 15.6 Å². The van der Waals surface area contributed by atoms with E-state index in [-0.39, 0.29) is 41.0 Å². The maximum absolute atomic E-state index is 15.6. The van der Waals surface area contributed by atoms with Crippen molar-refractivity contribution in [1.29, 1.82) is 0 Å². The first-order valence-corrected chi connectivity index (χ1v) is 23.1. The molecular formula is C51H57N3O17. The lowest BCUT2D eigenvalue weighted by Crippen LogP contribution is -2.82. The van der Waals surface area contributed by atoms with Gasteiger partial charge in [0.1, 0.15) is 35.6 Å². The molecule has 2 heterocycles. The summed E-state index contributed by atoms with van der Waals surface area (Å²) < 4.78 is 30.3. The Morgan fingerprint density at radius 2 is 1.52 bits per heavy atom. The number of carboxylic acids is 1. The summed E-state index contributed by atoms with van der Waals surface area (Å²) in [7, 11) is 0. The molecular weight excluding hydrogens is 927 g/mol. The predicted molar refractivity (Wildman–Crippen MR) is 244 cm³/mol. The van der Waals surface area contributed by atoms with Gasteiger partial charge in [0.25, 0.3) is 5.91 Å². The SMILES string of the molecule is CC(=O)O[C@H]1C(=O)[C@@]2(C)[C@H]([C@H](OC(=O)c3ccccc3)[C@]3(O)C[C@H](OC(=O)[C@H](O)[C@@H](NC(=O)[C@@H](CCC(=O)O)NC(=O)c4ccccn4)c4ccccc4)C(C)=C1C3(C)C)[C@]1(OC(C)=O)CO[C@@H]1C[C@@H]2O. The summed E-state index contributed by atoms with van der Waals surface area (Å²) in [6, 6.07) is 16.7. The Bertz CT molecular complexity index is 2610. The number of nitrogens with one attached hydrogen (secondary N) is 2. The minimum Gasteiger partial charge on any atom is -0.481 e. The molecule has 1 aliphatic heterocycles. The lowest BCUT2D eigenvalue weighted by Gasteiger charge is -2.67. The normalized spacial score (nSPS) is 29.6. The van der Waals surface area contributed by atoms with Gasteiger partial charge in [-0.15, -0.1) is 0 Å². The molecule has 2 saturated carbocycles. The molecule has 3 aromatic rings. The molecule has 1 aromatic heterocycles. The largest absolute Gasteiger partial charge is 0.481 e. The van der Waals surface area contributed by atoms with E-state index in [1.165, 1.54) is 70.3 Å². The summed E-state index contributed by atoms with van der Waals surface area (Å²) in [4.78, 5) is 114. The summed E-state index contributed by atoms with van der Waals surface area (Å²) in [5, 5.41) is 52.4. The highest BCUT2D eigenvalue weighted by Gasteiger charge is 2.78. The Kier molecular flexibility index (Phi) is 14.7. The summed E-state index contributed by atoms with van der Waals surface area (Å²) in [6.07, 6.45) is -11.0. The second-order valence-corrected chi connectivity index (χ2v) is 19.2. The van der Waals surface area contributed by atoms with Crippen LogP contribution in [0.3, 0.4) is 0 Å². The third kappa shape index (κ3) is 9.55. The monoisotopic (exact) mass is 983 g/mol. The number of Topliss-reactive ketones (excluding diaryl/α,β-unsaturated/α-hetero) is 1. The fraction of sp³-hybridized carbons (Fsp3) is 0.471. The van der Waals surface area contributed by atoms with Crippen molar-refractivity contribution in [2.45, 2.75) is 127 Å². The van der Waals surface area contributed by atoms with Crippen molar-refractivity contribution in [2.24, 2.45) is 16.7 Å². The van der Waals surface area contributed by atoms with E-state index >= 15 is 4.79 Å². The van der Waals surface area contributed by atoms with E-state index in [1.54, 1.807) is 42.5 Å². The molecule has 2 aromatic carbocycles. The highest BCUT2D eigenvalue weighted by molar-refractivity contribution is 5.97. The zero-order valence-corrected chi connectivity index (χ0v) is 39.9. The average Bonchev–Trinajstić information content (AvgIpc) is 3.33. The van der Waals surface area contributed by atoms with Crippen LogP contribution in [0.2, 0.25) is 0 Å². The van der Waals surface area contributed by atoms with Crippen molar-refractivity contribution in [3.8, 4) is 0 Å². The number of carbonyl (C=O) groups excluding carboxylic acids is 7. The Balaban J connectivity index is 1.33. The van der Waals surface area contributed by atoms with E-state index in [4.69, 9.17) is 23.7 Å². The number of aliphatic carboxylic acids is 1. The second kappa shape index (κ2) is 20.1. The van der Waals surface area contributed by atoms with Gasteiger partial charge in [-0.25, -0.2) is 9.59 Å². The van der Waals surface area contributed by atoms with E-state index in [1.807, 2.05) is 0 Å². The van der Waals surface area contributed by atoms with Crippen LogP contribution in [-0.4, -0.2) is 133 Å². The number of hydrogen-bond donors (Lipinski definition) is 6. The van der Waals surface area contributed by atoms with E-state index in [0.717, 1.165) is 13.8 Å². The number of carboxylic acid groups (broad SMARTS) is 1. The summed E-state index contributed by atoms with van der Waals surface area (Å²) in [6.45, 7) is 7.63. The van der Waals surface area contributed by atoms with Crippen LogP contribution in [-0.2, 0) is 52.5 Å². The zero-order chi connectivity index (χ0) is 51.8. The lowest BCUT2D eigenvalue weighted by atomic mass is 9.44. The molecule has 12 atom stereocenters. The molecule has 1 saturated heterocycles. The van der Waals surface area contributed by atoms with Gasteiger partial charge < -0.3 is 54.7 Å². The van der Waals surface area contributed by atoms with Gasteiger partial charge in [0.05, 0.1) is 35.6 Å². The molecule has 378 valence electrons. The van der Waals surface area contributed by atoms with E-state index < -0.39 is 143 Å². The van der Waals surface area contributed by atoms with Crippen LogP contribution in [0.25, 0.3) is 0 Å². The lowest BCUT2D eigenvalue weighted by molar-refractivity contribution is -0.346. The third-order valence-corrected chi connectivity index (χ3v) is 14.6. The summed E-state index contributed by atoms with van der Waals surface area (Å²) in [5.41, 5.74) is -8.11. The molecule has 0 unspecified atom stereocenters. The van der Waals surface area contributed by atoms with Gasteiger partial charge in [-0.3, -0.25) is 33.8 Å². The van der Waals surface area contributed by atoms with Crippen LogP contribution in [0.4, 0.5) is 0 Å². The maximum Gasteiger partial charge on any atom is 0.338 e. The number of hydrogen-bond acceptors (Lipinski definition) is 17.